The van der Waals surface area contributed by atoms with E-state index in [4.69, 9.17) is 16.0 Å². The molecule has 20 heavy (non-hydrogen) atoms. The Morgan fingerprint density at radius 3 is 2.75 bits per heavy atom. The van der Waals surface area contributed by atoms with Gasteiger partial charge in [-0.15, -0.1) is 0 Å². The summed E-state index contributed by atoms with van der Waals surface area (Å²) in [5, 5.41) is 5.71. The van der Waals surface area contributed by atoms with Gasteiger partial charge in [-0.05, 0) is 30.7 Å². The highest BCUT2D eigenvalue weighted by molar-refractivity contribution is 6.31. The monoisotopic (exact) mass is 292 g/mol. The van der Waals surface area contributed by atoms with Gasteiger partial charge in [-0.25, -0.2) is 0 Å². The molecule has 1 aromatic heterocycles. The van der Waals surface area contributed by atoms with Crippen LogP contribution in [0.3, 0.4) is 0 Å². The van der Waals surface area contributed by atoms with Gasteiger partial charge in [0.25, 0.3) is 5.91 Å². The molecule has 0 saturated carbocycles. The van der Waals surface area contributed by atoms with Crippen molar-refractivity contribution in [2.75, 3.05) is 11.9 Å². The molecule has 0 radical (unpaired) electrons. The number of amides is 2. The lowest BCUT2D eigenvalue weighted by atomic mass is 10.2. The van der Waals surface area contributed by atoms with Crippen molar-refractivity contribution >= 4 is 29.1 Å². The number of aryl methyl sites for hydroxylation is 1. The third-order valence-electron chi connectivity index (χ3n) is 2.65. The molecule has 0 bridgehead atoms. The van der Waals surface area contributed by atoms with Crippen LogP contribution in [0.5, 0.6) is 0 Å². The zero-order valence-electron chi connectivity index (χ0n) is 10.8. The van der Waals surface area contributed by atoms with Crippen molar-refractivity contribution in [1.29, 1.82) is 0 Å². The second-order valence-electron chi connectivity index (χ2n) is 4.21. The van der Waals surface area contributed by atoms with Gasteiger partial charge < -0.3 is 15.1 Å². The summed E-state index contributed by atoms with van der Waals surface area (Å²) in [6, 6.07) is 6.73. The normalized spacial score (nSPS) is 10.1. The maximum atomic E-state index is 11.7. The Bertz CT molecular complexity index is 623. The van der Waals surface area contributed by atoms with Crippen LogP contribution in [0.4, 0.5) is 5.69 Å². The number of hydrogen-bond acceptors (Lipinski definition) is 3. The Hall–Kier alpha value is -2.27. The summed E-state index contributed by atoms with van der Waals surface area (Å²) in [7, 11) is 0. The standard InChI is InChI=1S/C14H13ClN2O3/c1-9-2-3-11(6-12(9)15)17-13(18)7-16-14(19)10-4-5-20-8-10/h2-6,8H,7H2,1H3,(H,16,19)(H,17,18). The zero-order chi connectivity index (χ0) is 14.5. The lowest BCUT2D eigenvalue weighted by Crippen LogP contribution is -2.32. The second kappa shape index (κ2) is 6.25. The summed E-state index contributed by atoms with van der Waals surface area (Å²) in [5.74, 6) is -0.697. The van der Waals surface area contributed by atoms with Crippen molar-refractivity contribution in [3.05, 3.63) is 52.9 Å². The minimum atomic E-state index is -0.365. The number of carbonyl (C=O) groups is 2. The molecule has 0 spiro atoms. The Kier molecular flexibility index (Phi) is 4.42. The van der Waals surface area contributed by atoms with E-state index in [2.05, 4.69) is 10.6 Å². The molecule has 6 heteroatoms. The van der Waals surface area contributed by atoms with E-state index in [0.29, 0.717) is 16.3 Å². The molecule has 0 saturated heterocycles. The topological polar surface area (TPSA) is 71.3 Å². The Labute approximate surface area is 120 Å². The molecule has 2 aromatic rings. The molecular formula is C14H13ClN2O3. The van der Waals surface area contributed by atoms with Gasteiger partial charge in [-0.2, -0.15) is 0 Å². The molecule has 0 aliphatic rings. The smallest absolute Gasteiger partial charge is 0.254 e. The summed E-state index contributed by atoms with van der Waals surface area (Å²) < 4.78 is 4.79. The molecule has 104 valence electrons. The minimum absolute atomic E-state index is 0.129. The van der Waals surface area contributed by atoms with E-state index >= 15 is 0 Å². The Morgan fingerprint density at radius 1 is 1.30 bits per heavy atom. The highest BCUT2D eigenvalue weighted by atomic mass is 35.5. The first-order valence-electron chi connectivity index (χ1n) is 5.92. The van der Waals surface area contributed by atoms with E-state index in [9.17, 15) is 9.59 Å². The fourth-order valence-electron chi connectivity index (χ4n) is 1.53. The number of hydrogen-bond donors (Lipinski definition) is 2. The van der Waals surface area contributed by atoms with Crippen LogP contribution in [-0.2, 0) is 4.79 Å². The van der Waals surface area contributed by atoms with E-state index in [1.165, 1.54) is 18.6 Å². The first-order valence-corrected chi connectivity index (χ1v) is 6.30. The van der Waals surface area contributed by atoms with Crippen LogP contribution in [0.25, 0.3) is 0 Å². The van der Waals surface area contributed by atoms with Gasteiger partial charge in [0.2, 0.25) is 5.91 Å². The molecule has 1 heterocycles. The summed E-state index contributed by atoms with van der Waals surface area (Å²) in [4.78, 5) is 23.3. The molecule has 5 nitrogen and oxygen atoms in total. The fraction of sp³-hybridized carbons (Fsp3) is 0.143. The fourth-order valence-corrected chi connectivity index (χ4v) is 1.71. The summed E-state index contributed by atoms with van der Waals surface area (Å²) in [6.45, 7) is 1.74. The van der Waals surface area contributed by atoms with E-state index in [1.807, 2.05) is 13.0 Å². The number of anilines is 1. The maximum absolute atomic E-state index is 11.7. The molecule has 2 rings (SSSR count). The summed E-state index contributed by atoms with van der Waals surface area (Å²) in [5.41, 5.74) is 1.89. The van der Waals surface area contributed by atoms with Crippen molar-refractivity contribution in [2.24, 2.45) is 0 Å². The second-order valence-corrected chi connectivity index (χ2v) is 4.61. The quantitative estimate of drug-likeness (QED) is 0.910. The Morgan fingerprint density at radius 2 is 2.10 bits per heavy atom. The molecule has 1 aromatic carbocycles. The largest absolute Gasteiger partial charge is 0.472 e. The van der Waals surface area contributed by atoms with Crippen molar-refractivity contribution in [3.8, 4) is 0 Å². The van der Waals surface area contributed by atoms with Gasteiger partial charge in [0.1, 0.15) is 6.26 Å². The third-order valence-corrected chi connectivity index (χ3v) is 3.06. The summed E-state index contributed by atoms with van der Waals surface area (Å²) in [6.07, 6.45) is 2.70. The van der Waals surface area contributed by atoms with Gasteiger partial charge in [0, 0.05) is 10.7 Å². The predicted octanol–water partition coefficient (Wildman–Crippen LogP) is 2.61. The average molecular weight is 293 g/mol. The zero-order valence-corrected chi connectivity index (χ0v) is 11.5. The summed E-state index contributed by atoms with van der Waals surface area (Å²) >= 11 is 5.96. The molecule has 2 amide bonds. The van der Waals surface area contributed by atoms with Crippen LogP contribution in [0.1, 0.15) is 15.9 Å². The van der Waals surface area contributed by atoms with Crippen molar-refractivity contribution in [2.45, 2.75) is 6.92 Å². The van der Waals surface area contributed by atoms with Crippen LogP contribution >= 0.6 is 11.6 Å². The van der Waals surface area contributed by atoms with Crippen molar-refractivity contribution in [3.63, 3.8) is 0 Å². The first-order chi connectivity index (χ1) is 9.56. The highest BCUT2D eigenvalue weighted by Gasteiger charge is 2.09. The number of rotatable bonds is 4. The highest BCUT2D eigenvalue weighted by Crippen LogP contribution is 2.19. The van der Waals surface area contributed by atoms with E-state index < -0.39 is 0 Å². The first kappa shape index (κ1) is 14.1. The van der Waals surface area contributed by atoms with E-state index in [0.717, 1.165) is 5.56 Å². The van der Waals surface area contributed by atoms with Crippen LogP contribution in [0, 0.1) is 6.92 Å². The molecule has 0 aliphatic heterocycles. The number of carbonyl (C=O) groups excluding carboxylic acids is 2. The van der Waals surface area contributed by atoms with Crippen molar-refractivity contribution < 1.29 is 14.0 Å². The van der Waals surface area contributed by atoms with E-state index in [1.54, 1.807) is 12.1 Å². The maximum Gasteiger partial charge on any atom is 0.254 e. The molecule has 0 atom stereocenters. The van der Waals surface area contributed by atoms with Crippen LogP contribution in [0.2, 0.25) is 5.02 Å². The number of nitrogens with one attached hydrogen (secondary N) is 2. The van der Waals surface area contributed by atoms with Crippen LogP contribution in [0.15, 0.2) is 41.2 Å². The van der Waals surface area contributed by atoms with Gasteiger partial charge in [0.15, 0.2) is 0 Å². The van der Waals surface area contributed by atoms with E-state index in [-0.39, 0.29) is 18.4 Å². The molecule has 0 unspecified atom stereocenters. The lowest BCUT2D eigenvalue weighted by Gasteiger charge is -2.07. The van der Waals surface area contributed by atoms with Crippen LogP contribution < -0.4 is 10.6 Å². The molecule has 0 aliphatic carbocycles. The third kappa shape index (κ3) is 3.61. The predicted molar refractivity (Wildman–Crippen MR) is 75.9 cm³/mol. The number of furan rings is 1. The molecular weight excluding hydrogens is 280 g/mol. The lowest BCUT2D eigenvalue weighted by molar-refractivity contribution is -0.115. The SMILES string of the molecule is Cc1ccc(NC(=O)CNC(=O)c2ccoc2)cc1Cl. The molecule has 0 fully saturated rings. The van der Waals surface area contributed by atoms with Crippen LogP contribution in [-0.4, -0.2) is 18.4 Å². The Balaban J connectivity index is 1.86. The molecule has 2 N–H and O–H groups in total. The van der Waals surface area contributed by atoms with Gasteiger partial charge in [-0.1, -0.05) is 17.7 Å². The average Bonchev–Trinajstić information content (AvgIpc) is 2.94. The van der Waals surface area contributed by atoms with Gasteiger partial charge in [-0.3, -0.25) is 9.59 Å². The van der Waals surface area contributed by atoms with Crippen molar-refractivity contribution in [1.82, 2.24) is 5.32 Å². The number of benzene rings is 1. The van der Waals surface area contributed by atoms with Gasteiger partial charge >= 0.3 is 0 Å². The van der Waals surface area contributed by atoms with Gasteiger partial charge in [0.05, 0.1) is 18.4 Å². The minimum Gasteiger partial charge on any atom is -0.472 e. The number of halogens is 1.